The Balaban J connectivity index is 2.14. The highest BCUT2D eigenvalue weighted by Crippen LogP contribution is 2.29. The van der Waals surface area contributed by atoms with Crippen LogP contribution in [0.5, 0.6) is 5.75 Å². The molecule has 0 bridgehead atoms. The molecule has 102 valence electrons. The van der Waals surface area contributed by atoms with Gasteiger partial charge in [-0.05, 0) is 6.07 Å². The summed E-state index contributed by atoms with van der Waals surface area (Å²) in [6.45, 7) is 2.06. The van der Waals surface area contributed by atoms with Gasteiger partial charge in [0.05, 0.1) is 23.7 Å². The van der Waals surface area contributed by atoms with Crippen molar-refractivity contribution in [2.45, 2.75) is 0 Å². The number of hydrogen-bond donors (Lipinski definition) is 2. The van der Waals surface area contributed by atoms with Crippen LogP contribution in [0.25, 0.3) is 0 Å². The third kappa shape index (κ3) is 2.98. The first-order valence-corrected chi connectivity index (χ1v) is 5.69. The second kappa shape index (κ2) is 5.63. The molecule has 0 spiro atoms. The topological polar surface area (TPSA) is 105 Å². The Bertz CT molecular complexity index is 499. The molecule has 0 saturated carbocycles. The van der Waals surface area contributed by atoms with Gasteiger partial charge in [0, 0.05) is 19.2 Å². The van der Waals surface area contributed by atoms with Gasteiger partial charge in [-0.2, -0.15) is 0 Å². The zero-order valence-electron chi connectivity index (χ0n) is 10.0. The molecule has 0 atom stereocenters. The van der Waals surface area contributed by atoms with Crippen molar-refractivity contribution in [1.82, 2.24) is 10.4 Å². The first-order valence-electron chi connectivity index (χ1n) is 5.69. The summed E-state index contributed by atoms with van der Waals surface area (Å²) in [5, 5.41) is 22.0. The highest BCUT2D eigenvalue weighted by atomic mass is 16.6. The van der Waals surface area contributed by atoms with Crippen LogP contribution < -0.4 is 5.43 Å². The minimum absolute atomic E-state index is 0.124. The minimum Gasteiger partial charge on any atom is -0.502 e. The molecule has 0 unspecified atom stereocenters. The number of benzene rings is 1. The maximum absolute atomic E-state index is 11.9. The normalized spacial score (nSPS) is 16.0. The Labute approximate surface area is 108 Å². The van der Waals surface area contributed by atoms with Gasteiger partial charge in [0.1, 0.15) is 0 Å². The van der Waals surface area contributed by atoms with Crippen LogP contribution in [0.3, 0.4) is 0 Å². The molecular formula is C11H13N3O5. The van der Waals surface area contributed by atoms with Crippen molar-refractivity contribution in [2.75, 3.05) is 26.3 Å². The lowest BCUT2D eigenvalue weighted by atomic mass is 10.1. The summed E-state index contributed by atoms with van der Waals surface area (Å²) in [4.78, 5) is 21.9. The van der Waals surface area contributed by atoms with Crippen LogP contribution in [0.4, 0.5) is 5.69 Å². The molecule has 1 aromatic rings. The highest BCUT2D eigenvalue weighted by molar-refractivity contribution is 5.97. The molecule has 0 aliphatic carbocycles. The van der Waals surface area contributed by atoms with E-state index in [4.69, 9.17) is 4.74 Å². The number of ether oxygens (including phenoxy) is 1. The summed E-state index contributed by atoms with van der Waals surface area (Å²) in [7, 11) is 0. The van der Waals surface area contributed by atoms with Crippen LogP contribution in [0.1, 0.15) is 10.4 Å². The first-order chi connectivity index (χ1) is 9.09. The van der Waals surface area contributed by atoms with E-state index in [1.165, 1.54) is 12.1 Å². The number of nitro groups is 1. The lowest BCUT2D eigenvalue weighted by Gasteiger charge is -2.26. The zero-order chi connectivity index (χ0) is 13.8. The standard InChI is InChI=1S/C11H13N3O5/c15-10-8(2-1-3-9(10)14(17)18)11(16)12-13-4-6-19-7-5-13/h1-3,15H,4-7H2,(H,12,16). The number of carbonyl (C=O) groups excluding carboxylic acids is 1. The number of carbonyl (C=O) groups is 1. The van der Waals surface area contributed by atoms with E-state index in [2.05, 4.69) is 5.43 Å². The summed E-state index contributed by atoms with van der Waals surface area (Å²) < 4.78 is 5.13. The molecule has 2 rings (SSSR count). The van der Waals surface area contributed by atoms with E-state index in [1.54, 1.807) is 5.01 Å². The second-order valence-electron chi connectivity index (χ2n) is 3.97. The highest BCUT2D eigenvalue weighted by Gasteiger charge is 2.22. The maximum atomic E-state index is 11.9. The Morgan fingerprint density at radius 3 is 2.74 bits per heavy atom. The molecule has 1 aliphatic rings. The fourth-order valence-electron chi connectivity index (χ4n) is 1.74. The molecule has 1 fully saturated rings. The van der Waals surface area contributed by atoms with E-state index in [-0.39, 0.29) is 5.56 Å². The average molecular weight is 267 g/mol. The smallest absolute Gasteiger partial charge is 0.311 e. The van der Waals surface area contributed by atoms with Crippen molar-refractivity contribution >= 4 is 11.6 Å². The lowest BCUT2D eigenvalue weighted by Crippen LogP contribution is -2.48. The Morgan fingerprint density at radius 2 is 2.11 bits per heavy atom. The fraction of sp³-hybridized carbons (Fsp3) is 0.364. The molecule has 1 saturated heterocycles. The molecule has 1 aromatic carbocycles. The van der Waals surface area contributed by atoms with Gasteiger partial charge in [-0.3, -0.25) is 20.3 Å². The quantitative estimate of drug-likeness (QED) is 0.602. The molecular weight excluding hydrogens is 254 g/mol. The molecule has 1 aliphatic heterocycles. The second-order valence-corrected chi connectivity index (χ2v) is 3.97. The van der Waals surface area contributed by atoms with Gasteiger partial charge in [-0.25, -0.2) is 5.01 Å². The van der Waals surface area contributed by atoms with Gasteiger partial charge < -0.3 is 9.84 Å². The van der Waals surface area contributed by atoms with Gasteiger partial charge in [0.2, 0.25) is 5.75 Å². The molecule has 19 heavy (non-hydrogen) atoms. The van der Waals surface area contributed by atoms with Crippen molar-refractivity contribution in [1.29, 1.82) is 0 Å². The number of phenolic OH excluding ortho intramolecular Hbond substituents is 1. The third-order valence-electron chi connectivity index (χ3n) is 2.73. The first kappa shape index (κ1) is 13.2. The Kier molecular flexibility index (Phi) is 3.93. The molecule has 8 nitrogen and oxygen atoms in total. The third-order valence-corrected chi connectivity index (χ3v) is 2.73. The van der Waals surface area contributed by atoms with Gasteiger partial charge in [-0.1, -0.05) is 6.07 Å². The Hall–Kier alpha value is -2.19. The largest absolute Gasteiger partial charge is 0.502 e. The van der Waals surface area contributed by atoms with E-state index in [0.29, 0.717) is 26.3 Å². The predicted molar refractivity (Wildman–Crippen MR) is 64.6 cm³/mol. The molecule has 1 amide bonds. The summed E-state index contributed by atoms with van der Waals surface area (Å²) in [6.07, 6.45) is 0. The number of aromatic hydroxyl groups is 1. The van der Waals surface area contributed by atoms with Crippen LogP contribution in [-0.4, -0.2) is 47.2 Å². The van der Waals surface area contributed by atoms with Crippen LogP contribution in [0.15, 0.2) is 18.2 Å². The molecule has 0 aromatic heterocycles. The summed E-state index contributed by atoms with van der Waals surface area (Å²) in [5.41, 5.74) is 1.96. The minimum atomic E-state index is -0.735. The number of nitrogens with one attached hydrogen (secondary N) is 1. The van der Waals surface area contributed by atoms with E-state index in [0.717, 1.165) is 6.07 Å². The number of hydrazine groups is 1. The number of nitro benzene ring substituents is 1. The molecule has 8 heteroatoms. The van der Waals surface area contributed by atoms with Gasteiger partial charge in [0.15, 0.2) is 0 Å². The maximum Gasteiger partial charge on any atom is 0.311 e. The van der Waals surface area contributed by atoms with Crippen molar-refractivity contribution in [3.05, 3.63) is 33.9 Å². The van der Waals surface area contributed by atoms with Gasteiger partial charge >= 0.3 is 5.69 Å². The van der Waals surface area contributed by atoms with Crippen molar-refractivity contribution in [3.63, 3.8) is 0 Å². The number of rotatable bonds is 3. The van der Waals surface area contributed by atoms with Crippen LogP contribution >= 0.6 is 0 Å². The average Bonchev–Trinajstić information content (AvgIpc) is 2.39. The monoisotopic (exact) mass is 267 g/mol. The Morgan fingerprint density at radius 1 is 1.42 bits per heavy atom. The molecule has 0 radical (unpaired) electrons. The van der Waals surface area contributed by atoms with Gasteiger partial charge in [0.25, 0.3) is 5.91 Å². The van der Waals surface area contributed by atoms with Crippen molar-refractivity contribution in [3.8, 4) is 5.75 Å². The number of phenols is 1. The summed E-state index contributed by atoms with van der Waals surface area (Å²) >= 11 is 0. The van der Waals surface area contributed by atoms with E-state index < -0.39 is 22.3 Å². The molecule has 2 N–H and O–H groups in total. The van der Waals surface area contributed by atoms with Crippen LogP contribution in [0, 0.1) is 10.1 Å². The van der Waals surface area contributed by atoms with Gasteiger partial charge in [-0.15, -0.1) is 0 Å². The number of amides is 1. The zero-order valence-corrected chi connectivity index (χ0v) is 10.0. The lowest BCUT2D eigenvalue weighted by molar-refractivity contribution is -0.385. The summed E-state index contributed by atoms with van der Waals surface area (Å²) in [5.74, 6) is -1.21. The van der Waals surface area contributed by atoms with E-state index in [1.807, 2.05) is 0 Å². The van der Waals surface area contributed by atoms with E-state index >= 15 is 0 Å². The summed E-state index contributed by atoms with van der Waals surface area (Å²) in [6, 6.07) is 3.82. The van der Waals surface area contributed by atoms with Crippen molar-refractivity contribution in [2.24, 2.45) is 0 Å². The fourth-order valence-corrected chi connectivity index (χ4v) is 1.74. The predicted octanol–water partition coefficient (Wildman–Crippen LogP) is 0.277. The number of nitrogens with zero attached hydrogens (tertiary/aromatic N) is 2. The van der Waals surface area contributed by atoms with E-state index in [9.17, 15) is 20.0 Å². The SMILES string of the molecule is O=C(NN1CCOCC1)c1cccc([N+](=O)[O-])c1O. The van der Waals surface area contributed by atoms with Crippen LogP contribution in [-0.2, 0) is 4.74 Å². The number of morpholine rings is 1. The van der Waals surface area contributed by atoms with Crippen molar-refractivity contribution < 1.29 is 19.6 Å². The number of hydrogen-bond acceptors (Lipinski definition) is 6. The van der Waals surface area contributed by atoms with Crippen LogP contribution in [0.2, 0.25) is 0 Å². The number of para-hydroxylation sites is 1. The molecule has 1 heterocycles.